The van der Waals surface area contributed by atoms with Gasteiger partial charge in [-0.15, -0.1) is 0 Å². The Labute approximate surface area is 158 Å². The number of methoxy groups -OCH3 is 1. The number of carbonyl (C=O) groups excluding carboxylic acids is 1. The molecule has 27 heavy (non-hydrogen) atoms. The van der Waals surface area contributed by atoms with Gasteiger partial charge in [0.2, 0.25) is 0 Å². The monoisotopic (exact) mass is 356 g/mol. The lowest BCUT2D eigenvalue weighted by Gasteiger charge is -2.13. The van der Waals surface area contributed by atoms with E-state index in [0.717, 1.165) is 33.6 Å². The van der Waals surface area contributed by atoms with Crippen LogP contribution in [0.4, 0.5) is 5.69 Å². The maximum Gasteiger partial charge on any atom is 0.255 e. The van der Waals surface area contributed by atoms with Crippen molar-refractivity contribution in [2.24, 2.45) is 0 Å². The highest BCUT2D eigenvalue weighted by atomic mass is 16.5. The summed E-state index contributed by atoms with van der Waals surface area (Å²) >= 11 is 0. The van der Waals surface area contributed by atoms with Crippen LogP contribution in [0.15, 0.2) is 79.0 Å². The van der Waals surface area contributed by atoms with Gasteiger partial charge in [-0.25, -0.2) is 0 Å². The average Bonchev–Trinajstić information content (AvgIpc) is 3.05. The van der Waals surface area contributed by atoms with Crippen LogP contribution in [0.5, 0.6) is 5.75 Å². The highest BCUT2D eigenvalue weighted by Gasteiger charge is 2.13. The first kappa shape index (κ1) is 16.9. The van der Waals surface area contributed by atoms with Crippen molar-refractivity contribution in [3.05, 3.63) is 90.1 Å². The van der Waals surface area contributed by atoms with E-state index < -0.39 is 0 Å². The quantitative estimate of drug-likeness (QED) is 0.546. The lowest BCUT2D eigenvalue weighted by molar-refractivity contribution is 0.102. The molecule has 0 unspecified atom stereocenters. The molecule has 0 saturated carbocycles. The van der Waals surface area contributed by atoms with E-state index in [0.29, 0.717) is 5.56 Å². The molecule has 0 bridgehead atoms. The Balaban J connectivity index is 1.78. The van der Waals surface area contributed by atoms with E-state index in [2.05, 4.69) is 23.0 Å². The molecule has 4 heteroatoms. The summed E-state index contributed by atoms with van der Waals surface area (Å²) in [5, 5.41) is 4.16. The number of hydrogen-bond acceptors (Lipinski definition) is 2. The van der Waals surface area contributed by atoms with Crippen LogP contribution in [-0.4, -0.2) is 17.6 Å². The number of fused-ring (bicyclic) bond motifs is 1. The van der Waals surface area contributed by atoms with Crippen LogP contribution in [-0.2, 0) is 0 Å². The highest BCUT2D eigenvalue weighted by Crippen LogP contribution is 2.31. The number of anilines is 1. The molecule has 0 aliphatic carbocycles. The molecular formula is C23H20N2O2. The SMILES string of the molecule is COc1ccc2c(c1)c(C)cn2-c1ccccc1NC(=O)c1ccccc1. The maximum absolute atomic E-state index is 12.6. The highest BCUT2D eigenvalue weighted by molar-refractivity contribution is 6.05. The van der Waals surface area contributed by atoms with Crippen molar-refractivity contribution in [1.82, 2.24) is 4.57 Å². The van der Waals surface area contributed by atoms with Crippen LogP contribution in [0.25, 0.3) is 16.6 Å². The minimum Gasteiger partial charge on any atom is -0.497 e. The lowest BCUT2D eigenvalue weighted by atomic mass is 10.2. The number of nitrogens with zero attached hydrogens (tertiary/aromatic N) is 1. The molecule has 0 atom stereocenters. The van der Waals surface area contributed by atoms with E-state index in [1.165, 1.54) is 0 Å². The third-order valence-corrected chi connectivity index (χ3v) is 4.66. The van der Waals surface area contributed by atoms with Gasteiger partial charge in [-0.3, -0.25) is 4.79 Å². The predicted molar refractivity (Wildman–Crippen MR) is 109 cm³/mol. The topological polar surface area (TPSA) is 43.3 Å². The Kier molecular flexibility index (Phi) is 4.38. The number of amides is 1. The van der Waals surface area contributed by atoms with Gasteiger partial charge >= 0.3 is 0 Å². The molecule has 0 spiro atoms. The fourth-order valence-electron chi connectivity index (χ4n) is 3.27. The summed E-state index contributed by atoms with van der Waals surface area (Å²) in [5.74, 6) is 0.701. The van der Waals surface area contributed by atoms with Gasteiger partial charge in [-0.05, 0) is 55.0 Å². The number of rotatable bonds is 4. The average molecular weight is 356 g/mol. The minimum absolute atomic E-state index is 0.127. The van der Waals surface area contributed by atoms with Crippen LogP contribution in [0.3, 0.4) is 0 Å². The van der Waals surface area contributed by atoms with E-state index in [1.807, 2.05) is 60.7 Å². The van der Waals surface area contributed by atoms with Crippen molar-refractivity contribution in [2.45, 2.75) is 6.92 Å². The van der Waals surface area contributed by atoms with Gasteiger partial charge in [0.15, 0.2) is 0 Å². The Bertz CT molecular complexity index is 1110. The molecule has 0 aliphatic rings. The molecule has 1 aromatic heterocycles. The first-order chi connectivity index (χ1) is 13.2. The van der Waals surface area contributed by atoms with Gasteiger partial charge in [0.25, 0.3) is 5.91 Å². The summed E-state index contributed by atoms with van der Waals surface area (Å²) in [4.78, 5) is 12.6. The first-order valence-corrected chi connectivity index (χ1v) is 8.79. The van der Waals surface area contributed by atoms with Crippen molar-refractivity contribution in [3.8, 4) is 11.4 Å². The summed E-state index contributed by atoms with van der Waals surface area (Å²) in [6.45, 7) is 2.07. The minimum atomic E-state index is -0.127. The third-order valence-electron chi connectivity index (χ3n) is 4.66. The second-order valence-electron chi connectivity index (χ2n) is 6.40. The molecule has 4 nitrogen and oxygen atoms in total. The van der Waals surface area contributed by atoms with Crippen molar-refractivity contribution in [3.63, 3.8) is 0 Å². The number of aryl methyl sites for hydroxylation is 1. The van der Waals surface area contributed by atoms with Crippen molar-refractivity contribution < 1.29 is 9.53 Å². The summed E-state index contributed by atoms with van der Waals surface area (Å²) in [5.41, 5.74) is 4.53. The molecule has 1 N–H and O–H groups in total. The Morgan fingerprint density at radius 3 is 2.48 bits per heavy atom. The zero-order valence-corrected chi connectivity index (χ0v) is 15.3. The zero-order chi connectivity index (χ0) is 18.8. The zero-order valence-electron chi connectivity index (χ0n) is 15.3. The number of para-hydroxylation sites is 2. The van der Waals surface area contributed by atoms with Gasteiger partial charge in [-0.2, -0.15) is 0 Å². The number of aromatic nitrogens is 1. The van der Waals surface area contributed by atoms with E-state index in [-0.39, 0.29) is 5.91 Å². The molecule has 4 rings (SSSR count). The van der Waals surface area contributed by atoms with Gasteiger partial charge in [0.05, 0.1) is 24.0 Å². The van der Waals surface area contributed by atoms with Gasteiger partial charge < -0.3 is 14.6 Å². The van der Waals surface area contributed by atoms with Crippen LogP contribution in [0.2, 0.25) is 0 Å². The molecule has 1 heterocycles. The number of ether oxygens (including phenoxy) is 1. The van der Waals surface area contributed by atoms with Crippen LogP contribution in [0.1, 0.15) is 15.9 Å². The summed E-state index contributed by atoms with van der Waals surface area (Å²) in [6, 6.07) is 23.1. The fourth-order valence-corrected chi connectivity index (χ4v) is 3.27. The molecule has 0 radical (unpaired) electrons. The van der Waals surface area contributed by atoms with E-state index in [4.69, 9.17) is 4.74 Å². The van der Waals surface area contributed by atoms with Crippen LogP contribution < -0.4 is 10.1 Å². The molecular weight excluding hydrogens is 336 g/mol. The summed E-state index contributed by atoms with van der Waals surface area (Å²) in [7, 11) is 1.67. The molecule has 0 saturated heterocycles. The van der Waals surface area contributed by atoms with Gasteiger partial charge in [-0.1, -0.05) is 30.3 Å². The number of nitrogens with one attached hydrogen (secondary N) is 1. The van der Waals surface area contributed by atoms with Crippen molar-refractivity contribution in [2.75, 3.05) is 12.4 Å². The largest absolute Gasteiger partial charge is 0.497 e. The molecule has 3 aromatic carbocycles. The summed E-state index contributed by atoms with van der Waals surface area (Å²) in [6.07, 6.45) is 2.08. The second kappa shape index (κ2) is 7.00. The Hall–Kier alpha value is -3.53. The normalized spacial score (nSPS) is 10.7. The fraction of sp³-hybridized carbons (Fsp3) is 0.0870. The predicted octanol–water partition coefficient (Wildman–Crippen LogP) is 5.20. The number of benzene rings is 3. The van der Waals surface area contributed by atoms with Crippen LogP contribution in [0, 0.1) is 6.92 Å². The van der Waals surface area contributed by atoms with Gasteiger partial charge in [0, 0.05) is 17.1 Å². The van der Waals surface area contributed by atoms with E-state index >= 15 is 0 Å². The Morgan fingerprint density at radius 2 is 1.70 bits per heavy atom. The Morgan fingerprint density at radius 1 is 0.963 bits per heavy atom. The molecule has 1 amide bonds. The lowest BCUT2D eigenvalue weighted by Crippen LogP contribution is -2.13. The second-order valence-corrected chi connectivity index (χ2v) is 6.40. The first-order valence-electron chi connectivity index (χ1n) is 8.79. The van der Waals surface area contributed by atoms with Crippen molar-refractivity contribution in [1.29, 1.82) is 0 Å². The third kappa shape index (κ3) is 3.17. The van der Waals surface area contributed by atoms with Gasteiger partial charge in [0.1, 0.15) is 5.75 Å². The van der Waals surface area contributed by atoms with E-state index in [9.17, 15) is 4.79 Å². The smallest absolute Gasteiger partial charge is 0.255 e. The van der Waals surface area contributed by atoms with Crippen molar-refractivity contribution >= 4 is 22.5 Å². The molecule has 4 aromatic rings. The number of carbonyl (C=O) groups is 1. The molecule has 0 fully saturated rings. The molecule has 134 valence electrons. The number of hydrogen-bond donors (Lipinski definition) is 1. The maximum atomic E-state index is 12.6. The molecule has 0 aliphatic heterocycles. The summed E-state index contributed by atoms with van der Waals surface area (Å²) < 4.78 is 7.45. The standard InChI is InChI=1S/C23H20N2O2/c1-16-15-25(21-13-12-18(27-2)14-19(16)21)22-11-7-6-10-20(22)24-23(26)17-8-4-3-5-9-17/h3-15H,1-2H3,(H,24,26). The van der Waals surface area contributed by atoms with Crippen LogP contribution >= 0.6 is 0 Å². The van der Waals surface area contributed by atoms with E-state index in [1.54, 1.807) is 19.2 Å².